The summed E-state index contributed by atoms with van der Waals surface area (Å²) in [7, 11) is -7.97. The number of benzene rings is 3. The summed E-state index contributed by atoms with van der Waals surface area (Å²) in [5.74, 6) is -4.31. The van der Waals surface area contributed by atoms with Crippen LogP contribution in [0.3, 0.4) is 0 Å². The van der Waals surface area contributed by atoms with Crippen LogP contribution in [0, 0.1) is 11.6 Å². The van der Waals surface area contributed by atoms with E-state index in [2.05, 4.69) is 0 Å². The van der Waals surface area contributed by atoms with Gasteiger partial charge in [-0.1, -0.05) is 12.1 Å². The molecule has 0 aliphatic carbocycles. The van der Waals surface area contributed by atoms with Gasteiger partial charge in [-0.25, -0.2) is 25.6 Å². The molecule has 0 saturated carbocycles. The molecule has 0 spiro atoms. The molecule has 0 aromatic heterocycles. The van der Waals surface area contributed by atoms with Crippen LogP contribution < -0.4 is 14.2 Å². The lowest BCUT2D eigenvalue weighted by Gasteiger charge is -2.15. The fourth-order valence-corrected chi connectivity index (χ4v) is 5.05. The van der Waals surface area contributed by atoms with E-state index in [1.165, 1.54) is 12.1 Å². The third-order valence-corrected chi connectivity index (χ3v) is 6.93. The van der Waals surface area contributed by atoms with Crippen molar-refractivity contribution in [2.24, 2.45) is 0 Å². The van der Waals surface area contributed by atoms with Crippen LogP contribution in [-0.4, -0.2) is 34.2 Å². The summed E-state index contributed by atoms with van der Waals surface area (Å²) in [4.78, 5) is -1.25. The highest BCUT2D eigenvalue weighted by molar-refractivity contribution is 7.93. The van der Waals surface area contributed by atoms with Crippen molar-refractivity contribution in [2.75, 3.05) is 16.6 Å². The third kappa shape index (κ3) is 4.53. The van der Waals surface area contributed by atoms with Crippen molar-refractivity contribution in [2.45, 2.75) is 9.79 Å². The highest BCUT2D eigenvalue weighted by Gasteiger charge is 2.26. The lowest BCUT2D eigenvalue weighted by molar-refractivity contribution is 0.402. The number of aromatic hydroxyl groups is 2. The number of sulfonamides is 2. The number of anilines is 2. The first-order valence-corrected chi connectivity index (χ1v) is 11.6. The van der Waals surface area contributed by atoms with E-state index in [-0.39, 0.29) is 5.75 Å². The monoisotopic (exact) mass is 486 g/mol. The number of methoxy groups -OCH3 is 1. The second-order valence-electron chi connectivity index (χ2n) is 6.30. The predicted octanol–water partition coefficient (Wildman–Crippen LogP) is 2.99. The van der Waals surface area contributed by atoms with Crippen LogP contribution in [-0.2, 0) is 20.0 Å². The number of phenolic OH excluding ortho intramolecular Hbond substituents is 2. The Bertz CT molecular complexity index is 1390. The number of phenols is 2. The normalized spacial score (nSPS) is 11.7. The Morgan fingerprint density at radius 2 is 1.28 bits per heavy atom. The largest absolute Gasteiger partial charge is 0.505 e. The zero-order valence-corrected chi connectivity index (χ0v) is 17.8. The Labute approximate surface area is 182 Å². The van der Waals surface area contributed by atoms with Gasteiger partial charge in [0.2, 0.25) is 0 Å². The molecule has 0 bridgehead atoms. The Hall–Kier alpha value is -3.58. The highest BCUT2D eigenvalue weighted by Crippen LogP contribution is 2.32. The molecule has 3 rings (SSSR count). The predicted molar refractivity (Wildman–Crippen MR) is 111 cm³/mol. The summed E-state index contributed by atoms with van der Waals surface area (Å²) in [5.41, 5.74) is -1.15. The molecule has 0 fully saturated rings. The SMILES string of the molecule is COc1ccc(S(=O)(=O)Nc2cccc(O)c2F)cc1S(=O)(=O)Nc1cccc(O)c1F. The molecule has 0 unspecified atom stereocenters. The molecule has 0 atom stereocenters. The van der Waals surface area contributed by atoms with Gasteiger partial charge in [0.15, 0.2) is 23.1 Å². The van der Waals surface area contributed by atoms with Crippen LogP contribution in [0.4, 0.5) is 20.2 Å². The van der Waals surface area contributed by atoms with E-state index in [4.69, 9.17) is 4.74 Å². The zero-order valence-electron chi connectivity index (χ0n) is 16.2. The van der Waals surface area contributed by atoms with Gasteiger partial charge >= 0.3 is 0 Å². The van der Waals surface area contributed by atoms with E-state index in [1.807, 2.05) is 9.44 Å². The molecule has 0 aliphatic rings. The van der Waals surface area contributed by atoms with E-state index in [0.717, 1.165) is 49.6 Å². The second kappa shape index (κ2) is 8.51. The van der Waals surface area contributed by atoms with E-state index < -0.39 is 64.3 Å². The molecule has 0 aliphatic heterocycles. The van der Waals surface area contributed by atoms with Gasteiger partial charge in [0.25, 0.3) is 20.0 Å². The average molecular weight is 486 g/mol. The van der Waals surface area contributed by atoms with Gasteiger partial charge in [0.05, 0.1) is 23.4 Å². The Morgan fingerprint density at radius 1 is 0.781 bits per heavy atom. The van der Waals surface area contributed by atoms with E-state index >= 15 is 0 Å². The second-order valence-corrected chi connectivity index (χ2v) is 9.63. The standard InChI is InChI=1S/C19H16F2N2O7S2/c1-30-16-9-8-11(31(26,27)22-12-4-2-6-14(24)18(12)20)10-17(16)32(28,29)23-13-5-3-7-15(25)19(13)21/h2-10,22-25H,1H3. The molecule has 32 heavy (non-hydrogen) atoms. The van der Waals surface area contributed by atoms with Gasteiger partial charge in [-0.15, -0.1) is 0 Å². The number of halogens is 2. The Kier molecular flexibility index (Phi) is 6.14. The minimum absolute atomic E-state index is 0.263. The molecule has 170 valence electrons. The van der Waals surface area contributed by atoms with Gasteiger partial charge in [-0.05, 0) is 42.5 Å². The number of nitrogens with one attached hydrogen (secondary N) is 2. The van der Waals surface area contributed by atoms with Gasteiger partial charge in [-0.3, -0.25) is 9.44 Å². The molecule has 13 heteroatoms. The number of hydrogen-bond donors (Lipinski definition) is 4. The summed E-state index contributed by atoms with van der Waals surface area (Å²) >= 11 is 0. The minimum atomic E-state index is -4.60. The van der Waals surface area contributed by atoms with E-state index in [0.29, 0.717) is 0 Å². The summed E-state index contributed by atoms with van der Waals surface area (Å²) in [6.07, 6.45) is 0. The summed E-state index contributed by atoms with van der Waals surface area (Å²) in [6, 6.07) is 9.30. The third-order valence-electron chi connectivity index (χ3n) is 4.18. The zero-order chi connectivity index (χ0) is 23.7. The number of rotatable bonds is 7. The molecule has 0 saturated heterocycles. The molecule has 0 heterocycles. The van der Waals surface area contributed by atoms with Gasteiger partial charge in [0.1, 0.15) is 10.6 Å². The van der Waals surface area contributed by atoms with E-state index in [1.54, 1.807) is 0 Å². The summed E-state index contributed by atoms with van der Waals surface area (Å²) in [5, 5.41) is 18.8. The van der Waals surface area contributed by atoms with Crippen LogP contribution in [0.2, 0.25) is 0 Å². The lowest BCUT2D eigenvalue weighted by Crippen LogP contribution is -2.18. The van der Waals surface area contributed by atoms with Crippen LogP contribution in [0.15, 0.2) is 64.4 Å². The first kappa shape index (κ1) is 23.1. The van der Waals surface area contributed by atoms with Crippen molar-refractivity contribution in [3.05, 3.63) is 66.2 Å². The molecule has 9 nitrogen and oxygen atoms in total. The maximum Gasteiger partial charge on any atom is 0.265 e. The first-order valence-electron chi connectivity index (χ1n) is 8.65. The van der Waals surface area contributed by atoms with Crippen molar-refractivity contribution in [3.63, 3.8) is 0 Å². The minimum Gasteiger partial charge on any atom is -0.505 e. The summed E-state index contributed by atoms with van der Waals surface area (Å²) < 4.78 is 87.9. The van der Waals surface area contributed by atoms with Crippen LogP contribution in [0.1, 0.15) is 0 Å². The van der Waals surface area contributed by atoms with Gasteiger partial charge < -0.3 is 14.9 Å². The molecular formula is C19H16F2N2O7S2. The summed E-state index contributed by atoms with van der Waals surface area (Å²) in [6.45, 7) is 0. The van der Waals surface area contributed by atoms with Gasteiger partial charge in [0, 0.05) is 0 Å². The number of hydrogen-bond acceptors (Lipinski definition) is 7. The fourth-order valence-electron chi connectivity index (χ4n) is 2.63. The van der Waals surface area contributed by atoms with Crippen LogP contribution in [0.5, 0.6) is 17.2 Å². The molecule has 4 N–H and O–H groups in total. The van der Waals surface area contributed by atoms with Crippen LogP contribution in [0.25, 0.3) is 0 Å². The van der Waals surface area contributed by atoms with Crippen molar-refractivity contribution in [3.8, 4) is 17.2 Å². The van der Waals surface area contributed by atoms with Crippen molar-refractivity contribution in [1.82, 2.24) is 0 Å². The maximum atomic E-state index is 14.0. The fraction of sp³-hybridized carbons (Fsp3) is 0.0526. The van der Waals surface area contributed by atoms with Crippen molar-refractivity contribution >= 4 is 31.4 Å². The molecule has 3 aromatic rings. The van der Waals surface area contributed by atoms with Crippen LogP contribution >= 0.6 is 0 Å². The quantitative estimate of drug-likeness (QED) is 0.402. The topological polar surface area (TPSA) is 142 Å². The maximum absolute atomic E-state index is 14.0. The first-order chi connectivity index (χ1) is 15.0. The van der Waals surface area contributed by atoms with Crippen molar-refractivity contribution in [1.29, 1.82) is 0 Å². The Balaban J connectivity index is 2.04. The molecule has 3 aromatic carbocycles. The molecule has 0 amide bonds. The Morgan fingerprint density at radius 3 is 1.78 bits per heavy atom. The molecular weight excluding hydrogens is 470 g/mol. The number of ether oxygens (including phenoxy) is 1. The average Bonchev–Trinajstić information content (AvgIpc) is 2.74. The van der Waals surface area contributed by atoms with Gasteiger partial charge in [-0.2, -0.15) is 0 Å². The van der Waals surface area contributed by atoms with E-state index in [9.17, 15) is 35.8 Å². The van der Waals surface area contributed by atoms with Crippen molar-refractivity contribution < 1.29 is 40.6 Å². The lowest BCUT2D eigenvalue weighted by atomic mass is 10.3. The highest BCUT2D eigenvalue weighted by atomic mass is 32.2. The smallest absolute Gasteiger partial charge is 0.265 e. The molecule has 0 radical (unpaired) electrons.